The minimum Gasteiger partial charge on any atom is -0.324 e. The van der Waals surface area contributed by atoms with Gasteiger partial charge in [-0.1, -0.05) is 19.1 Å². The molecule has 1 aromatic rings. The number of hydrogen-bond donors (Lipinski definition) is 1. The predicted octanol–water partition coefficient (Wildman–Crippen LogP) is 2.64. The molecule has 2 atom stereocenters. The van der Waals surface area contributed by atoms with Crippen molar-refractivity contribution in [2.75, 3.05) is 11.9 Å². The molecule has 1 fully saturated rings. The Bertz CT molecular complexity index is 507. The van der Waals surface area contributed by atoms with E-state index in [4.69, 9.17) is 5.73 Å². The molecule has 0 aromatic heterocycles. The second-order valence-corrected chi connectivity index (χ2v) is 6.06. The number of hydrogen-bond acceptors (Lipinski definition) is 2. The van der Waals surface area contributed by atoms with Crippen LogP contribution in [0.4, 0.5) is 5.69 Å². The molecule has 1 aliphatic heterocycles. The molecule has 102 valence electrons. The van der Waals surface area contributed by atoms with Gasteiger partial charge >= 0.3 is 0 Å². The third-order valence-electron chi connectivity index (χ3n) is 4.76. The molecule has 1 saturated carbocycles. The average molecular weight is 258 g/mol. The van der Waals surface area contributed by atoms with Gasteiger partial charge in [-0.05, 0) is 48.3 Å². The zero-order chi connectivity index (χ0) is 13.6. The van der Waals surface area contributed by atoms with Gasteiger partial charge in [0.05, 0.1) is 0 Å². The maximum Gasteiger partial charge on any atom is 0.227 e. The van der Waals surface area contributed by atoms with Crippen LogP contribution in [0.25, 0.3) is 0 Å². The number of nitrogens with two attached hydrogens (primary N) is 1. The van der Waals surface area contributed by atoms with Gasteiger partial charge in [0, 0.05) is 25.2 Å². The highest BCUT2D eigenvalue weighted by Gasteiger charge is 2.32. The molecule has 2 N–H and O–H groups in total. The molecule has 0 saturated heterocycles. The largest absolute Gasteiger partial charge is 0.324 e. The Hall–Kier alpha value is -1.35. The van der Waals surface area contributed by atoms with Gasteiger partial charge < -0.3 is 10.6 Å². The van der Waals surface area contributed by atoms with Gasteiger partial charge in [-0.25, -0.2) is 0 Å². The summed E-state index contributed by atoms with van der Waals surface area (Å²) in [7, 11) is 1.85. The van der Waals surface area contributed by atoms with Gasteiger partial charge in [-0.2, -0.15) is 0 Å². The van der Waals surface area contributed by atoms with Crippen molar-refractivity contribution in [1.82, 2.24) is 0 Å². The van der Waals surface area contributed by atoms with Crippen LogP contribution in [0.2, 0.25) is 0 Å². The lowest BCUT2D eigenvalue weighted by Gasteiger charge is -2.28. The van der Waals surface area contributed by atoms with Crippen molar-refractivity contribution in [3.8, 4) is 0 Å². The Labute approximate surface area is 114 Å². The summed E-state index contributed by atoms with van der Waals surface area (Å²) >= 11 is 0. The van der Waals surface area contributed by atoms with Gasteiger partial charge in [0.1, 0.15) is 0 Å². The molecule has 2 aliphatic rings. The monoisotopic (exact) mass is 258 g/mol. The molecule has 19 heavy (non-hydrogen) atoms. The molecule has 3 nitrogen and oxygen atoms in total. The van der Waals surface area contributed by atoms with Crippen molar-refractivity contribution in [3.05, 3.63) is 29.3 Å². The van der Waals surface area contributed by atoms with Crippen LogP contribution in [-0.2, 0) is 11.2 Å². The minimum absolute atomic E-state index is 0.126. The smallest absolute Gasteiger partial charge is 0.227 e. The number of anilines is 1. The quantitative estimate of drug-likeness (QED) is 0.906. The summed E-state index contributed by atoms with van der Waals surface area (Å²) < 4.78 is 0. The Morgan fingerprint density at radius 2 is 2.05 bits per heavy atom. The van der Waals surface area contributed by atoms with Crippen LogP contribution in [0.15, 0.2) is 18.2 Å². The summed E-state index contributed by atoms with van der Waals surface area (Å²) in [5.74, 6) is 1.58. The molecule has 0 radical (unpaired) electrons. The van der Waals surface area contributed by atoms with E-state index in [1.54, 1.807) is 4.90 Å². The number of amides is 1. The van der Waals surface area contributed by atoms with Gasteiger partial charge in [0.25, 0.3) is 0 Å². The Balaban J connectivity index is 1.86. The van der Waals surface area contributed by atoms with Gasteiger partial charge in [0.2, 0.25) is 5.91 Å². The average Bonchev–Trinajstić information content (AvgIpc) is 3.25. The van der Waals surface area contributed by atoms with Gasteiger partial charge in [0.15, 0.2) is 0 Å². The molecule has 3 heteroatoms. The number of carbonyl (C=O) groups excluding carboxylic acids is 1. The van der Waals surface area contributed by atoms with Crippen molar-refractivity contribution in [2.45, 2.75) is 38.6 Å². The summed E-state index contributed by atoms with van der Waals surface area (Å²) in [6.45, 7) is 2.26. The fraction of sp³-hybridized carbons (Fsp3) is 0.562. The highest BCUT2D eigenvalue weighted by molar-refractivity contribution is 5.95. The normalized spacial score (nSPS) is 22.1. The van der Waals surface area contributed by atoms with Crippen LogP contribution in [0.5, 0.6) is 0 Å². The van der Waals surface area contributed by atoms with Crippen LogP contribution in [0.3, 0.4) is 0 Å². The van der Waals surface area contributed by atoms with E-state index in [1.807, 2.05) is 7.05 Å². The molecule has 1 heterocycles. The van der Waals surface area contributed by atoms with Crippen molar-refractivity contribution >= 4 is 11.6 Å². The standard InChI is InChI=1S/C16H22N2O/c1-10(11-3-4-11)16(17)13-5-7-14-12(9-13)6-8-15(19)18(14)2/h5,7,9-11,16H,3-4,6,8,17H2,1-2H3. The summed E-state index contributed by atoms with van der Waals surface area (Å²) in [5.41, 5.74) is 9.93. The Morgan fingerprint density at radius 1 is 1.32 bits per heavy atom. The topological polar surface area (TPSA) is 46.3 Å². The third-order valence-corrected chi connectivity index (χ3v) is 4.76. The first-order valence-electron chi connectivity index (χ1n) is 7.23. The maximum atomic E-state index is 11.7. The minimum atomic E-state index is 0.126. The fourth-order valence-electron chi connectivity index (χ4n) is 3.10. The number of aryl methyl sites for hydroxylation is 1. The zero-order valence-electron chi connectivity index (χ0n) is 11.7. The van der Waals surface area contributed by atoms with Crippen LogP contribution in [0.1, 0.15) is 43.4 Å². The maximum absolute atomic E-state index is 11.7. The third kappa shape index (κ3) is 2.27. The first-order chi connectivity index (χ1) is 9.08. The van der Waals surface area contributed by atoms with Gasteiger partial charge in [-0.15, -0.1) is 0 Å². The van der Waals surface area contributed by atoms with E-state index in [9.17, 15) is 4.79 Å². The Morgan fingerprint density at radius 3 is 2.74 bits per heavy atom. The van der Waals surface area contributed by atoms with Crippen molar-refractivity contribution in [3.63, 3.8) is 0 Å². The predicted molar refractivity (Wildman–Crippen MR) is 77.0 cm³/mol. The molecule has 3 rings (SSSR count). The van der Waals surface area contributed by atoms with E-state index in [0.717, 1.165) is 18.0 Å². The molecular weight excluding hydrogens is 236 g/mol. The highest BCUT2D eigenvalue weighted by Crippen LogP contribution is 2.42. The summed E-state index contributed by atoms with van der Waals surface area (Å²) in [6, 6.07) is 6.49. The molecular formula is C16H22N2O. The van der Waals surface area contributed by atoms with Crippen LogP contribution >= 0.6 is 0 Å². The number of rotatable bonds is 3. The molecule has 2 unspecified atom stereocenters. The Kier molecular flexibility index (Phi) is 3.09. The van der Waals surface area contributed by atoms with Crippen LogP contribution < -0.4 is 10.6 Å². The molecule has 1 aromatic carbocycles. The number of carbonyl (C=O) groups is 1. The van der Waals surface area contributed by atoms with Crippen molar-refractivity contribution in [1.29, 1.82) is 0 Å². The first-order valence-corrected chi connectivity index (χ1v) is 7.23. The molecule has 0 spiro atoms. The van der Waals surface area contributed by atoms with E-state index in [1.165, 1.54) is 24.0 Å². The fourth-order valence-corrected chi connectivity index (χ4v) is 3.10. The van der Waals surface area contributed by atoms with E-state index < -0.39 is 0 Å². The van der Waals surface area contributed by atoms with Crippen molar-refractivity contribution in [2.24, 2.45) is 17.6 Å². The number of fused-ring (bicyclic) bond motifs is 1. The number of nitrogens with zero attached hydrogens (tertiary/aromatic N) is 1. The van der Waals surface area contributed by atoms with Crippen LogP contribution in [-0.4, -0.2) is 13.0 Å². The second-order valence-electron chi connectivity index (χ2n) is 6.06. The van der Waals surface area contributed by atoms with E-state index >= 15 is 0 Å². The number of benzene rings is 1. The summed E-state index contributed by atoms with van der Waals surface area (Å²) in [5, 5.41) is 0. The molecule has 1 amide bonds. The van der Waals surface area contributed by atoms with Crippen molar-refractivity contribution < 1.29 is 4.79 Å². The zero-order valence-corrected chi connectivity index (χ0v) is 11.7. The lowest BCUT2D eigenvalue weighted by atomic mass is 9.89. The second kappa shape index (κ2) is 4.64. The van der Waals surface area contributed by atoms with E-state index in [0.29, 0.717) is 12.3 Å². The SMILES string of the molecule is CC(C1CC1)C(N)c1ccc2c(c1)CCC(=O)N2C. The molecule has 0 bridgehead atoms. The summed E-state index contributed by atoms with van der Waals surface area (Å²) in [4.78, 5) is 13.4. The molecule has 1 aliphatic carbocycles. The first kappa shape index (κ1) is 12.7. The van der Waals surface area contributed by atoms with Gasteiger partial charge in [-0.3, -0.25) is 4.79 Å². The highest BCUT2D eigenvalue weighted by atomic mass is 16.2. The van der Waals surface area contributed by atoms with Crippen LogP contribution in [0, 0.1) is 11.8 Å². The summed E-state index contributed by atoms with van der Waals surface area (Å²) in [6.07, 6.45) is 4.12. The van der Waals surface area contributed by atoms with E-state index in [-0.39, 0.29) is 11.9 Å². The lowest BCUT2D eigenvalue weighted by Crippen LogP contribution is -2.31. The van der Waals surface area contributed by atoms with E-state index in [2.05, 4.69) is 25.1 Å². The lowest BCUT2D eigenvalue weighted by molar-refractivity contribution is -0.118.